The predicted molar refractivity (Wildman–Crippen MR) is 121 cm³/mol. The maximum absolute atomic E-state index is 12.0. The third kappa shape index (κ3) is 5.80. The molecular formula is C27H40O3. The van der Waals surface area contributed by atoms with Gasteiger partial charge >= 0.3 is 5.97 Å². The van der Waals surface area contributed by atoms with E-state index in [9.17, 15) is 4.79 Å². The Morgan fingerprint density at radius 2 is 1.83 bits per heavy atom. The first kappa shape index (κ1) is 21.7. The monoisotopic (exact) mass is 412 g/mol. The average Bonchev–Trinajstić information content (AvgIpc) is 3.52. The fourth-order valence-electron chi connectivity index (χ4n) is 5.73. The predicted octanol–water partition coefficient (Wildman–Crippen LogP) is 6.51. The van der Waals surface area contributed by atoms with Crippen LogP contribution < -0.4 is 4.74 Å². The second-order valence-electron chi connectivity index (χ2n) is 10.0. The molecule has 3 heteroatoms. The molecule has 166 valence electrons. The van der Waals surface area contributed by atoms with Gasteiger partial charge in [-0.3, -0.25) is 0 Å². The van der Waals surface area contributed by atoms with Crippen molar-refractivity contribution in [1.29, 1.82) is 0 Å². The summed E-state index contributed by atoms with van der Waals surface area (Å²) in [6.45, 7) is 2.90. The minimum Gasteiger partial charge on any atom is -0.482 e. The maximum atomic E-state index is 12.0. The first-order valence-corrected chi connectivity index (χ1v) is 12.6. The smallest absolute Gasteiger partial charge is 0.344 e. The highest BCUT2D eigenvalue weighted by atomic mass is 16.6. The van der Waals surface area contributed by atoms with Crippen LogP contribution in [-0.4, -0.2) is 19.2 Å². The van der Waals surface area contributed by atoms with Crippen molar-refractivity contribution in [3.63, 3.8) is 0 Å². The van der Waals surface area contributed by atoms with E-state index < -0.39 is 0 Å². The number of esters is 1. The van der Waals surface area contributed by atoms with Gasteiger partial charge in [0, 0.05) is 0 Å². The molecule has 0 saturated heterocycles. The molecule has 4 rings (SSSR count). The normalized spacial score (nSPS) is 24.9. The molecule has 3 unspecified atom stereocenters. The number of rotatable bonds is 12. The molecule has 2 saturated carbocycles. The van der Waals surface area contributed by atoms with Gasteiger partial charge in [0.2, 0.25) is 0 Å². The van der Waals surface area contributed by atoms with Crippen LogP contribution in [0.4, 0.5) is 0 Å². The lowest BCUT2D eigenvalue weighted by atomic mass is 9.73. The van der Waals surface area contributed by atoms with Crippen LogP contribution in [0.15, 0.2) is 18.2 Å². The number of hydrogen-bond acceptors (Lipinski definition) is 3. The summed E-state index contributed by atoms with van der Waals surface area (Å²) in [6.07, 6.45) is 17.3. The number of carbonyl (C=O) groups excluding carboxylic acids is 1. The molecule has 1 aromatic carbocycles. The van der Waals surface area contributed by atoms with Gasteiger partial charge in [0.1, 0.15) is 5.75 Å². The third-order valence-corrected chi connectivity index (χ3v) is 7.72. The van der Waals surface area contributed by atoms with Gasteiger partial charge in [-0.05, 0) is 79.4 Å². The largest absolute Gasteiger partial charge is 0.482 e. The van der Waals surface area contributed by atoms with Crippen LogP contribution in [0.1, 0.15) is 88.7 Å². The van der Waals surface area contributed by atoms with E-state index in [4.69, 9.17) is 9.47 Å². The molecule has 0 spiro atoms. The molecule has 1 aromatic rings. The molecule has 30 heavy (non-hydrogen) atoms. The number of unbranched alkanes of at least 4 members (excludes halogenated alkanes) is 5. The minimum absolute atomic E-state index is 0.0396. The number of hydrogen-bond donors (Lipinski definition) is 0. The molecule has 0 radical (unpaired) electrons. The highest BCUT2D eigenvalue weighted by Gasteiger charge is 2.39. The Morgan fingerprint density at radius 1 is 1.00 bits per heavy atom. The summed E-state index contributed by atoms with van der Waals surface area (Å²) in [5, 5.41) is 0. The van der Waals surface area contributed by atoms with Crippen LogP contribution in [0.2, 0.25) is 0 Å². The molecule has 0 heterocycles. The number of fused-ring (bicyclic) bond motifs is 2. The summed E-state index contributed by atoms with van der Waals surface area (Å²) < 4.78 is 11.3. The summed E-state index contributed by atoms with van der Waals surface area (Å²) in [4.78, 5) is 12.0. The Morgan fingerprint density at radius 3 is 2.67 bits per heavy atom. The second-order valence-corrected chi connectivity index (χ2v) is 10.0. The molecule has 0 bridgehead atoms. The van der Waals surface area contributed by atoms with E-state index in [0.717, 1.165) is 29.9 Å². The first-order valence-electron chi connectivity index (χ1n) is 12.6. The van der Waals surface area contributed by atoms with Crippen molar-refractivity contribution in [3.05, 3.63) is 29.3 Å². The number of ether oxygens (including phenoxy) is 2. The van der Waals surface area contributed by atoms with Gasteiger partial charge in [0.25, 0.3) is 0 Å². The molecule has 0 N–H and O–H groups in total. The van der Waals surface area contributed by atoms with E-state index in [1.165, 1.54) is 88.2 Å². The van der Waals surface area contributed by atoms with Crippen molar-refractivity contribution in [3.8, 4) is 5.75 Å². The minimum atomic E-state index is -0.229. The van der Waals surface area contributed by atoms with Crippen LogP contribution in [0.3, 0.4) is 0 Å². The maximum Gasteiger partial charge on any atom is 0.344 e. The van der Waals surface area contributed by atoms with Crippen LogP contribution in [-0.2, 0) is 22.4 Å². The molecule has 0 aromatic heterocycles. The molecule has 3 aliphatic rings. The Balaban J connectivity index is 1.27. The second kappa shape index (κ2) is 10.7. The van der Waals surface area contributed by atoms with E-state index in [1.54, 1.807) is 0 Å². The molecule has 2 fully saturated rings. The summed E-state index contributed by atoms with van der Waals surface area (Å²) in [6, 6.07) is 6.42. The average molecular weight is 413 g/mol. The molecular weight excluding hydrogens is 372 g/mol. The summed E-state index contributed by atoms with van der Waals surface area (Å²) in [5.41, 5.74) is 2.81. The van der Waals surface area contributed by atoms with Crippen molar-refractivity contribution < 1.29 is 14.3 Å². The molecule has 3 nitrogen and oxygen atoms in total. The van der Waals surface area contributed by atoms with Gasteiger partial charge < -0.3 is 9.47 Å². The number of carbonyl (C=O) groups is 1. The summed E-state index contributed by atoms with van der Waals surface area (Å²) >= 11 is 0. The van der Waals surface area contributed by atoms with Crippen molar-refractivity contribution in [2.45, 2.75) is 90.4 Å². The highest BCUT2D eigenvalue weighted by molar-refractivity contribution is 5.71. The van der Waals surface area contributed by atoms with Gasteiger partial charge in [-0.15, -0.1) is 0 Å². The first-order chi connectivity index (χ1) is 14.7. The van der Waals surface area contributed by atoms with E-state index in [-0.39, 0.29) is 12.6 Å². The van der Waals surface area contributed by atoms with Crippen molar-refractivity contribution in [1.82, 2.24) is 0 Å². The van der Waals surface area contributed by atoms with E-state index in [2.05, 4.69) is 19.1 Å². The van der Waals surface area contributed by atoms with Crippen LogP contribution in [0.25, 0.3) is 0 Å². The van der Waals surface area contributed by atoms with Gasteiger partial charge in [-0.25, -0.2) is 4.79 Å². The fourth-order valence-corrected chi connectivity index (χ4v) is 5.73. The molecule has 3 aliphatic carbocycles. The lowest BCUT2D eigenvalue weighted by Gasteiger charge is -2.32. The number of benzene rings is 1. The van der Waals surface area contributed by atoms with Crippen molar-refractivity contribution in [2.24, 2.45) is 23.7 Å². The van der Waals surface area contributed by atoms with Crippen LogP contribution in [0, 0.1) is 23.7 Å². The van der Waals surface area contributed by atoms with Gasteiger partial charge in [0.15, 0.2) is 6.61 Å². The SMILES string of the molecule is CCCCCCCCC1CCC2Cc3c(cccc3OCC(=O)OCC3CC3)CC12. The van der Waals surface area contributed by atoms with E-state index >= 15 is 0 Å². The zero-order valence-corrected chi connectivity index (χ0v) is 18.9. The molecule has 0 amide bonds. The van der Waals surface area contributed by atoms with E-state index in [1.807, 2.05) is 6.07 Å². The summed E-state index contributed by atoms with van der Waals surface area (Å²) in [7, 11) is 0. The molecule has 0 aliphatic heterocycles. The van der Waals surface area contributed by atoms with Crippen molar-refractivity contribution >= 4 is 5.97 Å². The van der Waals surface area contributed by atoms with Gasteiger partial charge in [-0.2, -0.15) is 0 Å². The fraction of sp³-hybridized carbons (Fsp3) is 0.741. The lowest BCUT2D eigenvalue weighted by Crippen LogP contribution is -2.26. The zero-order chi connectivity index (χ0) is 20.8. The van der Waals surface area contributed by atoms with Crippen molar-refractivity contribution in [2.75, 3.05) is 13.2 Å². The van der Waals surface area contributed by atoms with Crippen LogP contribution in [0.5, 0.6) is 5.75 Å². The molecule has 3 atom stereocenters. The Bertz CT molecular complexity index is 693. The Hall–Kier alpha value is -1.51. The van der Waals surface area contributed by atoms with Gasteiger partial charge in [0.05, 0.1) is 6.61 Å². The topological polar surface area (TPSA) is 35.5 Å². The highest BCUT2D eigenvalue weighted by Crippen LogP contribution is 2.48. The van der Waals surface area contributed by atoms with Crippen LogP contribution >= 0.6 is 0 Å². The lowest BCUT2D eigenvalue weighted by molar-refractivity contribution is -0.146. The quantitative estimate of drug-likeness (QED) is 0.290. The van der Waals surface area contributed by atoms with Gasteiger partial charge in [-0.1, -0.05) is 64.0 Å². The third-order valence-electron chi connectivity index (χ3n) is 7.72. The Labute approximate surface area is 182 Å². The zero-order valence-electron chi connectivity index (χ0n) is 18.9. The standard InChI is InChI=1S/C27H40O3/c1-2-3-4-5-6-7-9-21-14-15-23-17-25-22(16-24(21)23)10-8-11-26(25)29-19-27(28)30-18-20-12-13-20/h8,10-11,20-21,23-24H,2-7,9,12-19H2,1H3. The Kier molecular flexibility index (Phi) is 7.73. The summed E-state index contributed by atoms with van der Waals surface area (Å²) in [5.74, 6) is 3.85. The van der Waals surface area contributed by atoms with E-state index in [0.29, 0.717) is 12.5 Å².